The molecule has 84 valence electrons. The van der Waals surface area contributed by atoms with Crippen molar-refractivity contribution in [1.82, 2.24) is 15.2 Å². The Morgan fingerprint density at radius 3 is 2.81 bits per heavy atom. The van der Waals surface area contributed by atoms with Crippen LogP contribution in [0.5, 0.6) is 0 Å². The second-order valence-corrected chi connectivity index (χ2v) is 3.48. The van der Waals surface area contributed by atoms with Crippen LogP contribution >= 0.6 is 0 Å². The monoisotopic (exact) mass is 223 g/mol. The Morgan fingerprint density at radius 2 is 2.12 bits per heavy atom. The lowest BCUT2D eigenvalue weighted by Crippen LogP contribution is -1.89. The summed E-state index contributed by atoms with van der Waals surface area (Å²) >= 11 is 0. The molecule has 0 amide bonds. The van der Waals surface area contributed by atoms with Gasteiger partial charge < -0.3 is 0 Å². The van der Waals surface area contributed by atoms with Crippen LogP contribution in [0.25, 0.3) is 11.4 Å². The normalized spacial score (nSPS) is 10.7. The van der Waals surface area contributed by atoms with Gasteiger partial charge in [-0.15, -0.1) is 0 Å². The average Bonchev–Trinajstić information content (AvgIpc) is 2.67. The molecule has 1 aromatic heterocycles. The maximum atomic E-state index is 13.4. The van der Waals surface area contributed by atoms with Crippen molar-refractivity contribution in [3.05, 3.63) is 35.7 Å². The average molecular weight is 223 g/mol. The number of H-pyrrole nitrogens is 1. The first kappa shape index (κ1) is 10.7. The van der Waals surface area contributed by atoms with E-state index in [1.165, 1.54) is 12.1 Å². The number of aromatic amines is 1. The predicted octanol–water partition coefficient (Wildman–Crippen LogP) is 2.70. The van der Waals surface area contributed by atoms with Crippen LogP contribution in [0.4, 0.5) is 8.78 Å². The van der Waals surface area contributed by atoms with E-state index in [1.54, 1.807) is 0 Å². The number of nitrogens with zero attached hydrogens (tertiary/aromatic N) is 2. The Hall–Kier alpha value is -1.78. The van der Waals surface area contributed by atoms with Gasteiger partial charge in [0.2, 0.25) is 0 Å². The summed E-state index contributed by atoms with van der Waals surface area (Å²) in [5, 5.41) is 6.62. The highest BCUT2D eigenvalue weighted by Gasteiger charge is 2.11. The number of rotatable bonds is 3. The summed E-state index contributed by atoms with van der Waals surface area (Å²) < 4.78 is 26.1. The number of hydrogen-bond donors (Lipinski definition) is 1. The van der Waals surface area contributed by atoms with Gasteiger partial charge in [-0.3, -0.25) is 5.10 Å². The molecule has 0 aliphatic heterocycles. The molecule has 16 heavy (non-hydrogen) atoms. The van der Waals surface area contributed by atoms with Gasteiger partial charge in [0.1, 0.15) is 17.5 Å². The first-order valence-corrected chi connectivity index (χ1v) is 5.07. The summed E-state index contributed by atoms with van der Waals surface area (Å²) in [6.45, 7) is 2.01. The third-order valence-electron chi connectivity index (χ3n) is 2.19. The number of benzene rings is 1. The Morgan fingerprint density at radius 1 is 1.31 bits per heavy atom. The minimum atomic E-state index is -0.651. The molecule has 0 fully saturated rings. The number of nitrogens with one attached hydrogen (secondary N) is 1. The van der Waals surface area contributed by atoms with E-state index in [0.717, 1.165) is 18.9 Å². The van der Waals surface area contributed by atoms with Gasteiger partial charge in [0.05, 0.1) is 5.56 Å². The second kappa shape index (κ2) is 4.38. The predicted molar refractivity (Wildman–Crippen MR) is 55.7 cm³/mol. The third kappa shape index (κ3) is 2.08. The lowest BCUT2D eigenvalue weighted by Gasteiger charge is -1.97. The summed E-state index contributed by atoms with van der Waals surface area (Å²) in [5.41, 5.74) is 0.208. The van der Waals surface area contributed by atoms with Crippen LogP contribution in [0, 0.1) is 11.6 Å². The van der Waals surface area contributed by atoms with Crippen LogP contribution in [0.15, 0.2) is 18.2 Å². The topological polar surface area (TPSA) is 41.6 Å². The SMILES string of the molecule is CCCc1nc(-c2ccc(F)cc2F)n[nH]1. The van der Waals surface area contributed by atoms with Crippen molar-refractivity contribution >= 4 is 0 Å². The molecule has 1 heterocycles. The largest absolute Gasteiger partial charge is 0.263 e. The fourth-order valence-electron chi connectivity index (χ4n) is 1.44. The van der Waals surface area contributed by atoms with Crippen LogP contribution in [0.1, 0.15) is 19.2 Å². The fourth-order valence-corrected chi connectivity index (χ4v) is 1.44. The summed E-state index contributed by atoms with van der Waals surface area (Å²) in [6.07, 6.45) is 1.69. The molecule has 5 heteroatoms. The zero-order valence-electron chi connectivity index (χ0n) is 8.80. The first-order chi connectivity index (χ1) is 7.70. The van der Waals surface area contributed by atoms with Gasteiger partial charge in [0, 0.05) is 12.5 Å². The molecule has 0 bridgehead atoms. The van der Waals surface area contributed by atoms with E-state index < -0.39 is 11.6 Å². The van der Waals surface area contributed by atoms with E-state index in [0.29, 0.717) is 5.82 Å². The lowest BCUT2D eigenvalue weighted by atomic mass is 10.2. The van der Waals surface area contributed by atoms with Gasteiger partial charge in [0.25, 0.3) is 0 Å². The van der Waals surface area contributed by atoms with Crippen LogP contribution in [0.3, 0.4) is 0 Å². The molecule has 2 aromatic rings. The zero-order valence-corrected chi connectivity index (χ0v) is 8.80. The quantitative estimate of drug-likeness (QED) is 0.869. The molecule has 0 aliphatic carbocycles. The van der Waals surface area contributed by atoms with Gasteiger partial charge >= 0.3 is 0 Å². The van der Waals surface area contributed by atoms with E-state index in [9.17, 15) is 8.78 Å². The molecular formula is C11H11F2N3. The van der Waals surface area contributed by atoms with Gasteiger partial charge in [-0.05, 0) is 18.6 Å². The Kier molecular flexibility index (Phi) is 2.94. The van der Waals surface area contributed by atoms with Crippen LogP contribution in [-0.2, 0) is 6.42 Å². The van der Waals surface area contributed by atoms with E-state index in [2.05, 4.69) is 15.2 Å². The van der Waals surface area contributed by atoms with E-state index in [1.807, 2.05) is 6.92 Å². The van der Waals surface area contributed by atoms with E-state index >= 15 is 0 Å². The highest BCUT2D eigenvalue weighted by molar-refractivity contribution is 5.55. The highest BCUT2D eigenvalue weighted by Crippen LogP contribution is 2.19. The lowest BCUT2D eigenvalue weighted by molar-refractivity contribution is 0.585. The molecule has 0 aliphatic rings. The number of hydrogen-bond acceptors (Lipinski definition) is 2. The van der Waals surface area contributed by atoms with Gasteiger partial charge in [-0.25, -0.2) is 13.8 Å². The first-order valence-electron chi connectivity index (χ1n) is 5.07. The third-order valence-corrected chi connectivity index (χ3v) is 2.19. The molecule has 2 rings (SSSR count). The highest BCUT2D eigenvalue weighted by atomic mass is 19.1. The fraction of sp³-hybridized carbons (Fsp3) is 0.273. The summed E-state index contributed by atoms with van der Waals surface area (Å²) in [4.78, 5) is 4.13. The zero-order chi connectivity index (χ0) is 11.5. The van der Waals surface area contributed by atoms with Crippen molar-refractivity contribution in [1.29, 1.82) is 0 Å². The molecule has 0 saturated carbocycles. The Bertz CT molecular complexity index is 494. The van der Waals surface area contributed by atoms with Crippen molar-refractivity contribution in [2.24, 2.45) is 0 Å². The molecule has 0 unspecified atom stereocenters. The standard InChI is InChI=1S/C11H11F2N3/c1-2-3-10-14-11(16-15-10)8-5-4-7(12)6-9(8)13/h4-6H,2-3H2,1H3,(H,14,15,16). The second-order valence-electron chi connectivity index (χ2n) is 3.48. The minimum Gasteiger partial charge on any atom is -0.263 e. The summed E-state index contributed by atoms with van der Waals surface area (Å²) in [6, 6.07) is 3.35. The van der Waals surface area contributed by atoms with E-state index in [4.69, 9.17) is 0 Å². The molecule has 0 atom stereocenters. The number of aromatic nitrogens is 3. The molecule has 0 spiro atoms. The van der Waals surface area contributed by atoms with Crippen LogP contribution < -0.4 is 0 Å². The summed E-state index contributed by atoms with van der Waals surface area (Å²) in [7, 11) is 0. The van der Waals surface area contributed by atoms with Crippen molar-refractivity contribution in [2.75, 3.05) is 0 Å². The van der Waals surface area contributed by atoms with Crippen molar-refractivity contribution in [2.45, 2.75) is 19.8 Å². The maximum Gasteiger partial charge on any atom is 0.184 e. The molecule has 3 nitrogen and oxygen atoms in total. The van der Waals surface area contributed by atoms with Gasteiger partial charge in [-0.2, -0.15) is 5.10 Å². The van der Waals surface area contributed by atoms with Crippen molar-refractivity contribution < 1.29 is 8.78 Å². The molecule has 0 saturated heterocycles. The maximum absolute atomic E-state index is 13.4. The minimum absolute atomic E-state index is 0.208. The smallest absolute Gasteiger partial charge is 0.184 e. The molecule has 1 N–H and O–H groups in total. The number of halogens is 2. The molecule has 0 radical (unpaired) electrons. The summed E-state index contributed by atoms with van der Waals surface area (Å²) in [5.74, 6) is -0.283. The molecular weight excluding hydrogens is 212 g/mol. The van der Waals surface area contributed by atoms with Crippen molar-refractivity contribution in [3.63, 3.8) is 0 Å². The van der Waals surface area contributed by atoms with Crippen LogP contribution in [-0.4, -0.2) is 15.2 Å². The van der Waals surface area contributed by atoms with Gasteiger partial charge in [0.15, 0.2) is 5.82 Å². The van der Waals surface area contributed by atoms with E-state index in [-0.39, 0.29) is 11.4 Å². The van der Waals surface area contributed by atoms with Crippen molar-refractivity contribution in [3.8, 4) is 11.4 Å². The Balaban J connectivity index is 2.35. The van der Waals surface area contributed by atoms with Gasteiger partial charge in [-0.1, -0.05) is 6.92 Å². The molecule has 1 aromatic carbocycles. The van der Waals surface area contributed by atoms with Crippen LogP contribution in [0.2, 0.25) is 0 Å². The Labute approximate surface area is 91.5 Å². The number of aryl methyl sites for hydroxylation is 1.